The lowest BCUT2D eigenvalue weighted by Crippen LogP contribution is -2.23. The molecular weight excluding hydrogens is 226 g/mol. The molecule has 0 spiro atoms. The summed E-state index contributed by atoms with van der Waals surface area (Å²) in [6.07, 6.45) is 3.78. The van der Waals surface area contributed by atoms with E-state index in [0.29, 0.717) is 0 Å². The van der Waals surface area contributed by atoms with Crippen molar-refractivity contribution in [2.24, 2.45) is 0 Å². The zero-order valence-corrected chi connectivity index (χ0v) is 10.7. The van der Waals surface area contributed by atoms with Crippen molar-refractivity contribution in [3.8, 4) is 11.3 Å². The number of ether oxygens (including phenoxy) is 1. The fourth-order valence-electron chi connectivity index (χ4n) is 1.85. The van der Waals surface area contributed by atoms with Crippen LogP contribution in [-0.2, 0) is 11.3 Å². The maximum absolute atomic E-state index is 4.99. The zero-order chi connectivity index (χ0) is 12.6. The molecule has 0 saturated carbocycles. The molecule has 0 aliphatic carbocycles. The molecular formula is C14H19N3O. The van der Waals surface area contributed by atoms with Crippen molar-refractivity contribution in [1.29, 1.82) is 0 Å². The number of aromatic nitrogens is 2. The van der Waals surface area contributed by atoms with Crippen molar-refractivity contribution < 1.29 is 4.74 Å². The average molecular weight is 245 g/mol. The number of nitrogens with one attached hydrogen (secondary N) is 1. The van der Waals surface area contributed by atoms with Gasteiger partial charge in [0.1, 0.15) is 0 Å². The summed E-state index contributed by atoms with van der Waals surface area (Å²) >= 11 is 0. The fourth-order valence-corrected chi connectivity index (χ4v) is 1.85. The number of methoxy groups -OCH3 is 1. The van der Waals surface area contributed by atoms with Crippen molar-refractivity contribution in [2.45, 2.75) is 6.54 Å². The molecule has 0 saturated heterocycles. The Hall–Kier alpha value is -1.65. The molecule has 4 nitrogen and oxygen atoms in total. The first-order valence-corrected chi connectivity index (χ1v) is 6.17. The van der Waals surface area contributed by atoms with E-state index in [0.717, 1.165) is 31.9 Å². The van der Waals surface area contributed by atoms with Crippen molar-refractivity contribution in [1.82, 2.24) is 14.9 Å². The molecule has 18 heavy (non-hydrogen) atoms. The Bertz CT molecular complexity index is 453. The smallest absolute Gasteiger partial charge is 0.0951 e. The van der Waals surface area contributed by atoms with Crippen molar-refractivity contribution >= 4 is 0 Å². The molecule has 1 N–H and O–H groups in total. The van der Waals surface area contributed by atoms with E-state index in [2.05, 4.69) is 27.0 Å². The Morgan fingerprint density at radius 2 is 2.06 bits per heavy atom. The van der Waals surface area contributed by atoms with E-state index in [1.165, 1.54) is 5.56 Å². The monoisotopic (exact) mass is 245 g/mol. The minimum Gasteiger partial charge on any atom is -0.383 e. The molecule has 2 aromatic rings. The average Bonchev–Trinajstić information content (AvgIpc) is 2.88. The van der Waals surface area contributed by atoms with Crippen LogP contribution in [0.4, 0.5) is 0 Å². The molecule has 0 aliphatic heterocycles. The van der Waals surface area contributed by atoms with Crippen LogP contribution < -0.4 is 5.32 Å². The van der Waals surface area contributed by atoms with Crippen LogP contribution in [0, 0.1) is 0 Å². The highest BCUT2D eigenvalue weighted by Crippen LogP contribution is 2.17. The first-order valence-electron chi connectivity index (χ1n) is 6.17. The molecule has 0 bridgehead atoms. The SMILES string of the molecule is COCCNCCn1cncc1-c1ccccc1. The van der Waals surface area contributed by atoms with Crippen LogP contribution in [0.25, 0.3) is 11.3 Å². The van der Waals surface area contributed by atoms with Gasteiger partial charge in [0.15, 0.2) is 0 Å². The molecule has 4 heteroatoms. The molecule has 1 heterocycles. The third kappa shape index (κ3) is 3.42. The van der Waals surface area contributed by atoms with E-state index >= 15 is 0 Å². The van der Waals surface area contributed by atoms with Gasteiger partial charge in [-0.25, -0.2) is 4.98 Å². The van der Waals surface area contributed by atoms with Crippen LogP contribution in [0.2, 0.25) is 0 Å². The first-order chi connectivity index (χ1) is 8.92. The molecule has 0 fully saturated rings. The van der Waals surface area contributed by atoms with E-state index in [1.807, 2.05) is 30.7 Å². The van der Waals surface area contributed by atoms with Gasteiger partial charge in [-0.2, -0.15) is 0 Å². The van der Waals surface area contributed by atoms with Gasteiger partial charge < -0.3 is 14.6 Å². The molecule has 1 aromatic carbocycles. The van der Waals surface area contributed by atoms with Crippen LogP contribution in [0.5, 0.6) is 0 Å². The lowest BCUT2D eigenvalue weighted by Gasteiger charge is -2.09. The lowest BCUT2D eigenvalue weighted by atomic mass is 10.2. The van der Waals surface area contributed by atoms with Gasteiger partial charge >= 0.3 is 0 Å². The largest absolute Gasteiger partial charge is 0.383 e. The number of imidazole rings is 1. The van der Waals surface area contributed by atoms with Crippen LogP contribution in [0.15, 0.2) is 42.9 Å². The van der Waals surface area contributed by atoms with Gasteiger partial charge in [0, 0.05) is 26.7 Å². The molecule has 0 amide bonds. The summed E-state index contributed by atoms with van der Waals surface area (Å²) in [5, 5.41) is 3.33. The predicted octanol–water partition coefficient (Wildman–Crippen LogP) is 1.79. The van der Waals surface area contributed by atoms with Gasteiger partial charge in [0.25, 0.3) is 0 Å². The first kappa shape index (κ1) is 12.8. The molecule has 1 aromatic heterocycles. The molecule has 0 unspecified atom stereocenters. The van der Waals surface area contributed by atoms with Gasteiger partial charge in [-0.05, 0) is 5.56 Å². The molecule has 96 valence electrons. The minimum absolute atomic E-state index is 0.746. The van der Waals surface area contributed by atoms with E-state index in [9.17, 15) is 0 Å². The summed E-state index contributed by atoms with van der Waals surface area (Å²) in [5.41, 5.74) is 2.36. The maximum Gasteiger partial charge on any atom is 0.0951 e. The van der Waals surface area contributed by atoms with Gasteiger partial charge in [0.2, 0.25) is 0 Å². The zero-order valence-electron chi connectivity index (χ0n) is 10.7. The van der Waals surface area contributed by atoms with Gasteiger partial charge in [0.05, 0.1) is 24.8 Å². The normalized spacial score (nSPS) is 10.7. The van der Waals surface area contributed by atoms with Gasteiger partial charge in [-0.15, -0.1) is 0 Å². The second-order valence-corrected chi connectivity index (χ2v) is 4.08. The van der Waals surface area contributed by atoms with Crippen LogP contribution in [0.1, 0.15) is 0 Å². The summed E-state index contributed by atoms with van der Waals surface area (Å²) in [4.78, 5) is 4.22. The topological polar surface area (TPSA) is 39.1 Å². The van der Waals surface area contributed by atoms with Crippen LogP contribution in [-0.4, -0.2) is 36.4 Å². The summed E-state index contributed by atoms with van der Waals surface area (Å²) < 4.78 is 7.15. The van der Waals surface area contributed by atoms with E-state index < -0.39 is 0 Å². The summed E-state index contributed by atoms with van der Waals surface area (Å²) in [7, 11) is 1.71. The molecule has 0 aliphatic rings. The second-order valence-electron chi connectivity index (χ2n) is 4.08. The summed E-state index contributed by atoms with van der Waals surface area (Å²) in [5.74, 6) is 0. The van der Waals surface area contributed by atoms with Gasteiger partial charge in [-0.1, -0.05) is 30.3 Å². The number of benzene rings is 1. The molecule has 2 rings (SSSR count). The van der Waals surface area contributed by atoms with E-state index in [1.54, 1.807) is 7.11 Å². The highest BCUT2D eigenvalue weighted by molar-refractivity contribution is 5.58. The number of hydrogen-bond donors (Lipinski definition) is 1. The minimum atomic E-state index is 0.746. The molecule has 0 atom stereocenters. The van der Waals surface area contributed by atoms with Gasteiger partial charge in [-0.3, -0.25) is 0 Å². The second kappa shape index (κ2) is 6.93. The number of nitrogens with zero attached hydrogens (tertiary/aromatic N) is 2. The predicted molar refractivity (Wildman–Crippen MR) is 72.4 cm³/mol. The van der Waals surface area contributed by atoms with Crippen LogP contribution >= 0.6 is 0 Å². The van der Waals surface area contributed by atoms with Crippen molar-refractivity contribution in [2.75, 3.05) is 26.8 Å². The van der Waals surface area contributed by atoms with E-state index in [-0.39, 0.29) is 0 Å². The maximum atomic E-state index is 4.99. The van der Waals surface area contributed by atoms with E-state index in [4.69, 9.17) is 4.74 Å². The van der Waals surface area contributed by atoms with Crippen molar-refractivity contribution in [3.05, 3.63) is 42.9 Å². The van der Waals surface area contributed by atoms with Crippen molar-refractivity contribution in [3.63, 3.8) is 0 Å². The number of rotatable bonds is 7. The summed E-state index contributed by atoms with van der Waals surface area (Å²) in [6.45, 7) is 3.45. The fraction of sp³-hybridized carbons (Fsp3) is 0.357. The highest BCUT2D eigenvalue weighted by Gasteiger charge is 2.03. The Morgan fingerprint density at radius 3 is 2.83 bits per heavy atom. The molecule has 0 radical (unpaired) electrons. The number of hydrogen-bond acceptors (Lipinski definition) is 3. The summed E-state index contributed by atoms with van der Waals surface area (Å²) in [6, 6.07) is 10.3. The van der Waals surface area contributed by atoms with Crippen LogP contribution in [0.3, 0.4) is 0 Å². The Kier molecular flexibility index (Phi) is 4.93. The quantitative estimate of drug-likeness (QED) is 0.756. The third-order valence-electron chi connectivity index (χ3n) is 2.79. The Labute approximate surface area is 108 Å². The standard InChI is InChI=1S/C14H19N3O/c1-18-10-8-15-7-9-17-12-16-11-14(17)13-5-3-2-4-6-13/h2-6,11-12,15H,7-10H2,1H3. The Morgan fingerprint density at radius 1 is 1.22 bits per heavy atom. The Balaban J connectivity index is 1.92. The lowest BCUT2D eigenvalue weighted by molar-refractivity contribution is 0.199. The third-order valence-corrected chi connectivity index (χ3v) is 2.79. The highest BCUT2D eigenvalue weighted by atomic mass is 16.5.